The van der Waals surface area contributed by atoms with E-state index in [9.17, 15) is 0 Å². The first kappa shape index (κ1) is 11.6. The lowest BCUT2D eigenvalue weighted by Crippen LogP contribution is -1.84. The van der Waals surface area contributed by atoms with Gasteiger partial charge in [-0.2, -0.15) is 0 Å². The molecule has 0 N–H and O–H groups in total. The van der Waals surface area contributed by atoms with Crippen molar-refractivity contribution in [2.45, 2.75) is 64.7 Å². The molecule has 0 heterocycles. The van der Waals surface area contributed by atoms with Gasteiger partial charge in [-0.05, 0) is 38.5 Å². The highest BCUT2D eigenvalue weighted by molar-refractivity contribution is 5.18. The molecular weight excluding hydrogens is 168 g/mol. The number of unbranched alkanes of at least 4 members (excludes halogenated alkanes) is 1. The predicted molar refractivity (Wildman–Crippen MR) is 64.5 cm³/mol. The maximum atomic E-state index is 2.46. The molecule has 1 rings (SSSR count). The van der Waals surface area contributed by atoms with E-state index >= 15 is 0 Å². The minimum atomic E-state index is 1.28. The van der Waals surface area contributed by atoms with Crippen molar-refractivity contribution in [3.05, 3.63) is 23.8 Å². The minimum Gasteiger partial charge on any atom is -0.0843 e. The van der Waals surface area contributed by atoms with E-state index in [0.29, 0.717) is 0 Å². The fraction of sp³-hybridized carbons (Fsp3) is 0.714. The Kier molecular flexibility index (Phi) is 6.47. The first-order valence-corrected chi connectivity index (χ1v) is 6.29. The maximum Gasteiger partial charge on any atom is -0.0282 e. The molecule has 1 aliphatic rings. The van der Waals surface area contributed by atoms with Crippen LogP contribution >= 0.6 is 0 Å². The Morgan fingerprint density at radius 3 is 2.64 bits per heavy atom. The van der Waals surface area contributed by atoms with Gasteiger partial charge in [-0.15, -0.1) is 0 Å². The molecule has 0 nitrogen and oxygen atoms in total. The Balaban J connectivity index is 2.40. The molecule has 80 valence electrons. The lowest BCUT2D eigenvalue weighted by Gasteiger charge is -2.04. The van der Waals surface area contributed by atoms with Crippen molar-refractivity contribution in [2.24, 2.45) is 0 Å². The monoisotopic (exact) mass is 192 g/mol. The average molecular weight is 192 g/mol. The summed E-state index contributed by atoms with van der Waals surface area (Å²) in [5.74, 6) is 0. The van der Waals surface area contributed by atoms with Crippen LogP contribution in [0.4, 0.5) is 0 Å². The molecule has 0 aromatic heterocycles. The Morgan fingerprint density at radius 2 is 1.86 bits per heavy atom. The van der Waals surface area contributed by atoms with Crippen molar-refractivity contribution in [1.29, 1.82) is 0 Å². The summed E-state index contributed by atoms with van der Waals surface area (Å²) in [5, 5.41) is 0. The van der Waals surface area contributed by atoms with Crippen LogP contribution in [0.5, 0.6) is 0 Å². The molecule has 0 saturated heterocycles. The Hall–Kier alpha value is -0.520. The minimum absolute atomic E-state index is 1.28. The molecule has 0 fully saturated rings. The van der Waals surface area contributed by atoms with E-state index in [2.05, 4.69) is 25.2 Å². The van der Waals surface area contributed by atoms with Gasteiger partial charge in [-0.3, -0.25) is 0 Å². The van der Waals surface area contributed by atoms with Gasteiger partial charge in [0.2, 0.25) is 0 Å². The van der Waals surface area contributed by atoms with E-state index in [1.54, 1.807) is 5.57 Å². The van der Waals surface area contributed by atoms with Crippen molar-refractivity contribution in [3.8, 4) is 0 Å². The average Bonchev–Trinajstić information content (AvgIpc) is 2.23. The third-order valence-electron chi connectivity index (χ3n) is 2.88. The van der Waals surface area contributed by atoms with Gasteiger partial charge < -0.3 is 0 Å². The van der Waals surface area contributed by atoms with Crippen molar-refractivity contribution in [3.63, 3.8) is 0 Å². The standard InChI is InChI=1S/C14H24/c1-2-3-11-14-12-9-7-5-4-6-8-10-13-14/h9,12-13H,2-8,10-11H2,1H3/b12-9+,14-13-. The van der Waals surface area contributed by atoms with E-state index in [1.807, 2.05) is 0 Å². The molecule has 0 aromatic carbocycles. The highest BCUT2D eigenvalue weighted by Crippen LogP contribution is 2.15. The summed E-state index contributed by atoms with van der Waals surface area (Å²) in [6.07, 6.45) is 19.3. The van der Waals surface area contributed by atoms with Crippen LogP contribution in [-0.2, 0) is 0 Å². The quantitative estimate of drug-likeness (QED) is 0.589. The zero-order chi connectivity index (χ0) is 10.1. The van der Waals surface area contributed by atoms with Crippen LogP contribution in [0.3, 0.4) is 0 Å². The van der Waals surface area contributed by atoms with E-state index in [0.717, 1.165) is 0 Å². The van der Waals surface area contributed by atoms with Crippen LogP contribution in [0.1, 0.15) is 64.7 Å². The highest BCUT2D eigenvalue weighted by Gasteiger charge is 1.95. The largest absolute Gasteiger partial charge is 0.0843 e. The second-order valence-electron chi connectivity index (χ2n) is 4.28. The van der Waals surface area contributed by atoms with Gasteiger partial charge in [0.05, 0.1) is 0 Å². The molecule has 0 spiro atoms. The molecule has 0 saturated carbocycles. The summed E-state index contributed by atoms with van der Waals surface area (Å²) in [7, 11) is 0. The molecule has 0 aromatic rings. The van der Waals surface area contributed by atoms with Gasteiger partial charge in [0.1, 0.15) is 0 Å². The zero-order valence-electron chi connectivity index (χ0n) is 9.60. The van der Waals surface area contributed by atoms with Crippen molar-refractivity contribution in [1.82, 2.24) is 0 Å². The summed E-state index contributed by atoms with van der Waals surface area (Å²) < 4.78 is 0. The van der Waals surface area contributed by atoms with E-state index in [-0.39, 0.29) is 0 Å². The fourth-order valence-corrected chi connectivity index (χ4v) is 1.92. The number of allylic oxidation sites excluding steroid dienone is 4. The van der Waals surface area contributed by atoms with Gasteiger partial charge in [-0.25, -0.2) is 0 Å². The van der Waals surface area contributed by atoms with Gasteiger partial charge in [0.25, 0.3) is 0 Å². The molecule has 1 aliphatic carbocycles. The number of rotatable bonds is 3. The molecule has 0 bridgehead atoms. The smallest absolute Gasteiger partial charge is 0.0282 e. The number of hydrogen-bond donors (Lipinski definition) is 0. The highest BCUT2D eigenvalue weighted by atomic mass is 14.0. The molecule has 0 radical (unpaired) electrons. The molecule has 0 amide bonds. The normalized spacial score (nSPS) is 25.1. The second kappa shape index (κ2) is 7.84. The van der Waals surface area contributed by atoms with Crippen LogP contribution in [0.25, 0.3) is 0 Å². The van der Waals surface area contributed by atoms with Gasteiger partial charge in [0.15, 0.2) is 0 Å². The lowest BCUT2D eigenvalue weighted by atomic mass is 10.0. The summed E-state index contributed by atoms with van der Waals surface area (Å²) in [5.41, 5.74) is 1.58. The van der Waals surface area contributed by atoms with Gasteiger partial charge >= 0.3 is 0 Å². The first-order valence-electron chi connectivity index (χ1n) is 6.29. The summed E-state index contributed by atoms with van der Waals surface area (Å²) in [4.78, 5) is 0. The second-order valence-corrected chi connectivity index (χ2v) is 4.28. The van der Waals surface area contributed by atoms with Crippen LogP contribution < -0.4 is 0 Å². The Bertz CT molecular complexity index is 186. The van der Waals surface area contributed by atoms with Crippen molar-refractivity contribution < 1.29 is 0 Å². The maximum absolute atomic E-state index is 2.46. The summed E-state index contributed by atoms with van der Waals surface area (Å²) >= 11 is 0. The zero-order valence-corrected chi connectivity index (χ0v) is 9.60. The van der Waals surface area contributed by atoms with Crippen LogP contribution in [0, 0.1) is 0 Å². The van der Waals surface area contributed by atoms with Gasteiger partial charge in [-0.1, -0.05) is 50.0 Å². The van der Waals surface area contributed by atoms with Crippen molar-refractivity contribution in [2.75, 3.05) is 0 Å². The van der Waals surface area contributed by atoms with E-state index in [1.165, 1.54) is 57.8 Å². The molecule has 14 heavy (non-hydrogen) atoms. The molecule has 0 heteroatoms. The summed E-state index contributed by atoms with van der Waals surface area (Å²) in [6, 6.07) is 0. The predicted octanol–water partition coefficient (Wildman–Crippen LogP) is 5.01. The van der Waals surface area contributed by atoms with Crippen molar-refractivity contribution >= 4 is 0 Å². The Morgan fingerprint density at radius 1 is 1.07 bits per heavy atom. The third kappa shape index (κ3) is 5.26. The fourth-order valence-electron chi connectivity index (χ4n) is 1.92. The molecule has 0 unspecified atom stereocenters. The third-order valence-corrected chi connectivity index (χ3v) is 2.88. The van der Waals surface area contributed by atoms with Crippen LogP contribution in [0.2, 0.25) is 0 Å². The molecule has 0 aliphatic heterocycles. The lowest BCUT2D eigenvalue weighted by molar-refractivity contribution is 0.647. The SMILES string of the molecule is CCCCC1=C/CCCCCC\C=C\1. The van der Waals surface area contributed by atoms with Gasteiger partial charge in [0, 0.05) is 0 Å². The number of hydrogen-bond acceptors (Lipinski definition) is 0. The van der Waals surface area contributed by atoms with Crippen LogP contribution in [-0.4, -0.2) is 0 Å². The first-order chi connectivity index (χ1) is 6.93. The van der Waals surface area contributed by atoms with E-state index < -0.39 is 0 Å². The topological polar surface area (TPSA) is 0 Å². The summed E-state index contributed by atoms with van der Waals surface area (Å²) in [6.45, 7) is 2.27. The van der Waals surface area contributed by atoms with Crippen LogP contribution in [0.15, 0.2) is 23.8 Å². The Labute approximate surface area is 89.1 Å². The van der Waals surface area contributed by atoms with E-state index in [4.69, 9.17) is 0 Å². The molecule has 0 atom stereocenters. The molecular formula is C14H24.